The largest absolute Gasteiger partial charge is 0.485 e. The average molecular weight is 134 g/mol. The summed E-state index contributed by atoms with van der Waals surface area (Å²) in [6.45, 7) is 4.15. The normalized spacial score (nSPS) is 20.8. The zero-order valence-electron chi connectivity index (χ0n) is 6.22. The molecule has 1 atom stereocenters. The van der Waals surface area contributed by atoms with Gasteiger partial charge in [-0.15, -0.1) is 0 Å². The monoisotopic (exact) mass is 134 g/mol. The van der Waals surface area contributed by atoms with Crippen molar-refractivity contribution in [2.24, 2.45) is 0 Å². The van der Waals surface area contributed by atoms with Crippen molar-refractivity contribution in [3.8, 4) is 5.75 Å². The molecule has 1 aromatic rings. The summed E-state index contributed by atoms with van der Waals surface area (Å²) >= 11 is 0. The van der Waals surface area contributed by atoms with Gasteiger partial charge >= 0.3 is 0 Å². The third kappa shape index (κ3) is 0.576. The second-order valence-corrected chi connectivity index (χ2v) is 2.75. The van der Waals surface area contributed by atoms with Crippen LogP contribution in [0.2, 0.25) is 0 Å². The number of para-hydroxylation sites is 1. The first-order chi connectivity index (χ1) is 4.79. The lowest BCUT2D eigenvalue weighted by Crippen LogP contribution is -2.16. The third-order valence-electron chi connectivity index (χ3n) is 1.97. The number of hydrogen-bond donors (Lipinski definition) is 0. The predicted octanol–water partition coefficient (Wildman–Crippen LogP) is 2.45. The molecule has 0 aromatic heterocycles. The molecule has 0 fully saturated rings. The van der Waals surface area contributed by atoms with E-state index in [1.807, 2.05) is 0 Å². The first-order valence-electron chi connectivity index (χ1n) is 3.55. The van der Waals surface area contributed by atoms with Gasteiger partial charge in [0, 0.05) is 5.56 Å². The first-order valence-corrected chi connectivity index (χ1v) is 3.55. The minimum Gasteiger partial charge on any atom is -0.485 e. The fraction of sp³-hybridized carbons (Fsp3) is 0.333. The van der Waals surface area contributed by atoms with Crippen LogP contribution in [-0.2, 0) is 0 Å². The number of hydrogen-bond acceptors (Lipinski definition) is 1. The summed E-state index contributed by atoms with van der Waals surface area (Å²) in [7, 11) is 0. The maximum absolute atomic E-state index is 5.42. The smallest absolute Gasteiger partial charge is 0.130 e. The number of benzene rings is 1. The van der Waals surface area contributed by atoms with Gasteiger partial charge in [-0.25, -0.2) is 0 Å². The summed E-state index contributed by atoms with van der Waals surface area (Å²) in [6, 6.07) is 6.27. The number of aryl methyl sites for hydroxylation is 1. The van der Waals surface area contributed by atoms with E-state index in [-0.39, 0.29) is 0 Å². The molecule has 0 amide bonds. The van der Waals surface area contributed by atoms with E-state index < -0.39 is 0 Å². The molecule has 1 nitrogen and oxygen atoms in total. The molecule has 1 aliphatic heterocycles. The third-order valence-corrected chi connectivity index (χ3v) is 1.97. The molecule has 1 heteroatoms. The molecule has 0 spiro atoms. The van der Waals surface area contributed by atoms with Crippen LogP contribution in [0.5, 0.6) is 5.75 Å². The fourth-order valence-electron chi connectivity index (χ4n) is 1.34. The van der Waals surface area contributed by atoms with Crippen molar-refractivity contribution in [3.63, 3.8) is 0 Å². The minimum absolute atomic E-state index is 0.315. The average Bonchev–Trinajstić information content (AvgIpc) is 1.91. The van der Waals surface area contributed by atoms with Gasteiger partial charge in [-0.3, -0.25) is 0 Å². The van der Waals surface area contributed by atoms with Crippen LogP contribution >= 0.6 is 0 Å². The molecule has 1 heterocycles. The zero-order chi connectivity index (χ0) is 7.14. The van der Waals surface area contributed by atoms with E-state index in [1.165, 1.54) is 11.1 Å². The summed E-state index contributed by atoms with van der Waals surface area (Å²) in [5, 5.41) is 0. The van der Waals surface area contributed by atoms with Crippen LogP contribution in [0.4, 0.5) is 0 Å². The second kappa shape index (κ2) is 1.75. The Bertz CT molecular complexity index is 265. The van der Waals surface area contributed by atoms with Crippen molar-refractivity contribution in [2.45, 2.75) is 20.0 Å². The fourth-order valence-corrected chi connectivity index (χ4v) is 1.34. The van der Waals surface area contributed by atoms with E-state index in [4.69, 9.17) is 4.74 Å². The Kier molecular flexibility index (Phi) is 1.01. The molecule has 0 bridgehead atoms. The maximum Gasteiger partial charge on any atom is 0.130 e. The highest BCUT2D eigenvalue weighted by Gasteiger charge is 2.24. The highest BCUT2D eigenvalue weighted by molar-refractivity contribution is 5.47. The van der Waals surface area contributed by atoms with Crippen LogP contribution in [0.25, 0.3) is 0 Å². The molecule has 1 aromatic carbocycles. The van der Waals surface area contributed by atoms with Crippen LogP contribution < -0.4 is 4.74 Å². The second-order valence-electron chi connectivity index (χ2n) is 2.75. The van der Waals surface area contributed by atoms with Gasteiger partial charge in [0.2, 0.25) is 0 Å². The quantitative estimate of drug-likeness (QED) is 0.529. The standard InChI is InChI=1S/C9H10O/c1-6-4-3-5-8-7(2)10-9(6)8/h3-5,7H,1-2H3. The first kappa shape index (κ1) is 5.78. The SMILES string of the molecule is Cc1cccc2c1OC2C. The van der Waals surface area contributed by atoms with E-state index in [0.717, 1.165) is 5.75 Å². The molecule has 1 aliphatic rings. The molecular formula is C9H10O. The number of rotatable bonds is 0. The molecule has 0 saturated carbocycles. The molecular weight excluding hydrogens is 124 g/mol. The van der Waals surface area contributed by atoms with E-state index in [0.29, 0.717) is 6.10 Å². The Morgan fingerprint density at radius 3 is 2.80 bits per heavy atom. The lowest BCUT2D eigenvalue weighted by Gasteiger charge is -2.29. The molecule has 0 saturated heterocycles. The lowest BCUT2D eigenvalue weighted by molar-refractivity contribution is 0.164. The van der Waals surface area contributed by atoms with E-state index in [2.05, 4.69) is 32.0 Å². The molecule has 10 heavy (non-hydrogen) atoms. The highest BCUT2D eigenvalue weighted by Crippen LogP contribution is 2.40. The van der Waals surface area contributed by atoms with Gasteiger partial charge in [0.05, 0.1) is 0 Å². The van der Waals surface area contributed by atoms with E-state index in [1.54, 1.807) is 0 Å². The van der Waals surface area contributed by atoms with Crippen molar-refractivity contribution < 1.29 is 4.74 Å². The predicted molar refractivity (Wildman–Crippen MR) is 40.2 cm³/mol. The van der Waals surface area contributed by atoms with Gasteiger partial charge in [-0.05, 0) is 19.4 Å². The topological polar surface area (TPSA) is 9.23 Å². The molecule has 0 radical (unpaired) electrons. The molecule has 0 N–H and O–H groups in total. The Balaban J connectivity index is 2.56. The maximum atomic E-state index is 5.42. The molecule has 2 rings (SSSR count). The minimum atomic E-state index is 0.315. The van der Waals surface area contributed by atoms with Gasteiger partial charge in [-0.1, -0.05) is 18.2 Å². The zero-order valence-corrected chi connectivity index (χ0v) is 6.22. The van der Waals surface area contributed by atoms with Crippen LogP contribution in [0.3, 0.4) is 0 Å². The summed E-state index contributed by atoms with van der Waals surface area (Å²) in [5.41, 5.74) is 2.59. The van der Waals surface area contributed by atoms with Crippen LogP contribution in [0, 0.1) is 6.92 Å². The summed E-state index contributed by atoms with van der Waals surface area (Å²) in [4.78, 5) is 0. The van der Waals surface area contributed by atoms with E-state index in [9.17, 15) is 0 Å². The van der Waals surface area contributed by atoms with Gasteiger partial charge in [-0.2, -0.15) is 0 Å². The lowest BCUT2D eigenvalue weighted by atomic mass is 10.0. The molecule has 1 unspecified atom stereocenters. The van der Waals surface area contributed by atoms with Crippen LogP contribution in [0.15, 0.2) is 18.2 Å². The summed E-state index contributed by atoms with van der Waals surface area (Å²) in [5.74, 6) is 1.09. The Morgan fingerprint density at radius 2 is 2.20 bits per heavy atom. The summed E-state index contributed by atoms with van der Waals surface area (Å²) in [6.07, 6.45) is 0.315. The van der Waals surface area contributed by atoms with E-state index >= 15 is 0 Å². The highest BCUT2D eigenvalue weighted by atomic mass is 16.5. The van der Waals surface area contributed by atoms with Gasteiger partial charge < -0.3 is 4.74 Å². The Morgan fingerprint density at radius 1 is 1.40 bits per heavy atom. The number of fused-ring (bicyclic) bond motifs is 1. The number of ether oxygens (including phenoxy) is 1. The van der Waals surface area contributed by atoms with Gasteiger partial charge in [0.15, 0.2) is 0 Å². The van der Waals surface area contributed by atoms with Crippen molar-refractivity contribution in [2.75, 3.05) is 0 Å². The van der Waals surface area contributed by atoms with Crippen molar-refractivity contribution >= 4 is 0 Å². The Hall–Kier alpha value is -0.980. The van der Waals surface area contributed by atoms with Crippen LogP contribution in [0.1, 0.15) is 24.2 Å². The molecule has 52 valence electrons. The van der Waals surface area contributed by atoms with Crippen molar-refractivity contribution in [1.82, 2.24) is 0 Å². The van der Waals surface area contributed by atoms with Crippen molar-refractivity contribution in [1.29, 1.82) is 0 Å². The Labute approximate surface area is 60.6 Å². The van der Waals surface area contributed by atoms with Crippen molar-refractivity contribution in [3.05, 3.63) is 29.3 Å². The van der Waals surface area contributed by atoms with Gasteiger partial charge in [0.1, 0.15) is 11.9 Å². The molecule has 0 aliphatic carbocycles. The van der Waals surface area contributed by atoms with Gasteiger partial charge in [0.25, 0.3) is 0 Å². The summed E-state index contributed by atoms with van der Waals surface area (Å²) < 4.78 is 5.42. The van der Waals surface area contributed by atoms with Crippen LogP contribution in [-0.4, -0.2) is 0 Å².